The number of likely N-dealkylation sites (N-methyl/N-ethyl adjacent to an activating group) is 1. The van der Waals surface area contributed by atoms with Gasteiger partial charge in [0.15, 0.2) is 0 Å². The lowest BCUT2D eigenvalue weighted by atomic mass is 9.76. The molecule has 0 saturated heterocycles. The molecule has 1 saturated carbocycles. The van der Waals surface area contributed by atoms with Crippen LogP contribution < -0.4 is 15.4 Å². The van der Waals surface area contributed by atoms with Crippen LogP contribution in [0.2, 0.25) is 0 Å². The van der Waals surface area contributed by atoms with E-state index in [-0.39, 0.29) is 5.54 Å². The van der Waals surface area contributed by atoms with Gasteiger partial charge in [0, 0.05) is 24.8 Å². The summed E-state index contributed by atoms with van der Waals surface area (Å²) in [5.74, 6) is 1.75. The first kappa shape index (κ1) is 14.2. The summed E-state index contributed by atoms with van der Waals surface area (Å²) in [6, 6.07) is 8.22. The highest BCUT2D eigenvalue weighted by atomic mass is 16.5. The molecule has 1 aliphatic carbocycles. The molecule has 1 aromatic rings. The Morgan fingerprint density at radius 3 is 2.37 bits per heavy atom. The Morgan fingerprint density at radius 2 is 1.95 bits per heavy atom. The number of hydrogen-bond acceptors (Lipinski definition) is 3. The Bertz CT molecular complexity index is 400. The summed E-state index contributed by atoms with van der Waals surface area (Å²) in [5.41, 5.74) is 7.31. The number of nitrogens with two attached hydrogens (primary N) is 1. The second-order valence-corrected chi connectivity index (χ2v) is 5.96. The second kappa shape index (κ2) is 5.83. The molecule has 2 rings (SSSR count). The molecule has 19 heavy (non-hydrogen) atoms. The van der Waals surface area contributed by atoms with Crippen molar-refractivity contribution >= 4 is 5.69 Å². The van der Waals surface area contributed by atoms with E-state index >= 15 is 0 Å². The van der Waals surface area contributed by atoms with Gasteiger partial charge in [-0.1, -0.05) is 19.3 Å². The average Bonchev–Trinajstić information content (AvgIpc) is 2.42. The van der Waals surface area contributed by atoms with Gasteiger partial charge in [0.2, 0.25) is 0 Å². The quantitative estimate of drug-likeness (QED) is 0.856. The molecule has 3 heteroatoms. The summed E-state index contributed by atoms with van der Waals surface area (Å²) in [4.78, 5) is 2.32. The molecule has 1 aromatic carbocycles. The van der Waals surface area contributed by atoms with Crippen molar-refractivity contribution in [3.05, 3.63) is 24.3 Å². The van der Waals surface area contributed by atoms with Crippen molar-refractivity contribution < 1.29 is 4.74 Å². The van der Waals surface area contributed by atoms with Gasteiger partial charge < -0.3 is 15.4 Å². The monoisotopic (exact) mass is 262 g/mol. The van der Waals surface area contributed by atoms with Crippen LogP contribution in [-0.2, 0) is 0 Å². The van der Waals surface area contributed by atoms with E-state index in [2.05, 4.69) is 31.0 Å². The first-order valence-electron chi connectivity index (χ1n) is 7.17. The lowest BCUT2D eigenvalue weighted by molar-refractivity contribution is 0.233. The molecule has 3 nitrogen and oxygen atoms in total. The minimum Gasteiger partial charge on any atom is -0.497 e. The molecule has 1 unspecified atom stereocenters. The van der Waals surface area contributed by atoms with E-state index in [1.807, 2.05) is 12.1 Å². The van der Waals surface area contributed by atoms with E-state index in [4.69, 9.17) is 10.5 Å². The van der Waals surface area contributed by atoms with Gasteiger partial charge in [0.05, 0.1) is 7.11 Å². The van der Waals surface area contributed by atoms with Crippen LogP contribution in [-0.4, -0.2) is 26.2 Å². The number of benzene rings is 1. The van der Waals surface area contributed by atoms with Crippen LogP contribution in [0.25, 0.3) is 0 Å². The number of methoxy groups -OCH3 is 1. The van der Waals surface area contributed by atoms with Crippen LogP contribution in [0.4, 0.5) is 5.69 Å². The van der Waals surface area contributed by atoms with Crippen LogP contribution >= 0.6 is 0 Å². The van der Waals surface area contributed by atoms with Gasteiger partial charge in [-0.05, 0) is 43.5 Å². The van der Waals surface area contributed by atoms with Crippen molar-refractivity contribution in [2.45, 2.75) is 38.1 Å². The number of ether oxygens (including phenoxy) is 1. The second-order valence-electron chi connectivity index (χ2n) is 5.96. The summed E-state index contributed by atoms with van der Waals surface area (Å²) >= 11 is 0. The summed E-state index contributed by atoms with van der Waals surface area (Å²) in [7, 11) is 3.84. The normalized spacial score (nSPS) is 18.5. The van der Waals surface area contributed by atoms with Gasteiger partial charge in [0.25, 0.3) is 0 Å². The minimum absolute atomic E-state index is 0.0413. The van der Waals surface area contributed by atoms with Gasteiger partial charge in [-0.3, -0.25) is 0 Å². The van der Waals surface area contributed by atoms with Gasteiger partial charge >= 0.3 is 0 Å². The largest absolute Gasteiger partial charge is 0.497 e. The number of anilines is 1. The fourth-order valence-corrected chi connectivity index (χ4v) is 2.79. The molecule has 0 aromatic heterocycles. The van der Waals surface area contributed by atoms with Gasteiger partial charge in [-0.2, -0.15) is 0 Å². The molecule has 0 aliphatic heterocycles. The first-order chi connectivity index (χ1) is 9.09. The summed E-state index contributed by atoms with van der Waals surface area (Å²) in [5, 5.41) is 0. The number of hydrogen-bond donors (Lipinski definition) is 1. The van der Waals surface area contributed by atoms with Crippen molar-refractivity contribution in [3.8, 4) is 5.75 Å². The van der Waals surface area contributed by atoms with Crippen molar-refractivity contribution in [1.29, 1.82) is 0 Å². The highest BCUT2D eigenvalue weighted by Gasteiger charge is 2.33. The first-order valence-corrected chi connectivity index (χ1v) is 7.17. The van der Waals surface area contributed by atoms with E-state index in [1.165, 1.54) is 31.4 Å². The molecule has 1 atom stereocenters. The topological polar surface area (TPSA) is 38.5 Å². The molecular formula is C16H26N2O. The van der Waals surface area contributed by atoms with E-state index in [9.17, 15) is 0 Å². The SMILES string of the molecule is COc1ccc(N(C)C(C)(CN)CC2CCC2)cc1. The predicted molar refractivity (Wildman–Crippen MR) is 80.8 cm³/mol. The molecule has 0 spiro atoms. The lowest BCUT2D eigenvalue weighted by Gasteiger charge is -2.44. The van der Waals surface area contributed by atoms with E-state index in [0.717, 1.165) is 11.7 Å². The van der Waals surface area contributed by atoms with Crippen LogP contribution in [0.3, 0.4) is 0 Å². The van der Waals surface area contributed by atoms with Crippen LogP contribution in [0.15, 0.2) is 24.3 Å². The third-order valence-corrected chi connectivity index (χ3v) is 4.66. The Balaban J connectivity index is 2.10. The molecular weight excluding hydrogens is 236 g/mol. The zero-order valence-electron chi connectivity index (χ0n) is 12.4. The van der Waals surface area contributed by atoms with Gasteiger partial charge in [0.1, 0.15) is 5.75 Å². The number of rotatable bonds is 6. The van der Waals surface area contributed by atoms with Crippen LogP contribution in [0.1, 0.15) is 32.6 Å². The van der Waals surface area contributed by atoms with E-state index < -0.39 is 0 Å². The Hall–Kier alpha value is -1.22. The molecule has 1 fully saturated rings. The standard InChI is InChI=1S/C16H26N2O/c1-16(12-17,11-13-5-4-6-13)18(2)14-7-9-15(19-3)10-8-14/h7-10,13H,4-6,11-12,17H2,1-3H3. The molecule has 0 bridgehead atoms. The van der Waals surface area contributed by atoms with Crippen molar-refractivity contribution in [3.63, 3.8) is 0 Å². The third-order valence-electron chi connectivity index (χ3n) is 4.66. The molecule has 106 valence electrons. The molecule has 0 amide bonds. The average molecular weight is 262 g/mol. The fraction of sp³-hybridized carbons (Fsp3) is 0.625. The van der Waals surface area contributed by atoms with E-state index in [0.29, 0.717) is 6.54 Å². The molecule has 1 aliphatic rings. The van der Waals surface area contributed by atoms with Crippen molar-refractivity contribution in [2.75, 3.05) is 25.6 Å². The van der Waals surface area contributed by atoms with Gasteiger partial charge in [-0.25, -0.2) is 0 Å². The van der Waals surface area contributed by atoms with Gasteiger partial charge in [-0.15, -0.1) is 0 Å². The Labute approximate surface area is 116 Å². The Morgan fingerprint density at radius 1 is 1.32 bits per heavy atom. The molecule has 0 radical (unpaired) electrons. The maximum absolute atomic E-state index is 6.06. The van der Waals surface area contributed by atoms with Crippen molar-refractivity contribution in [1.82, 2.24) is 0 Å². The smallest absolute Gasteiger partial charge is 0.119 e. The third kappa shape index (κ3) is 3.03. The summed E-state index contributed by atoms with van der Waals surface area (Å²) in [6.45, 7) is 2.96. The highest BCUT2D eigenvalue weighted by Crippen LogP contribution is 2.37. The predicted octanol–water partition coefficient (Wildman–Crippen LogP) is 3.04. The lowest BCUT2D eigenvalue weighted by Crippen LogP contribution is -2.51. The maximum atomic E-state index is 6.06. The zero-order valence-corrected chi connectivity index (χ0v) is 12.4. The summed E-state index contributed by atoms with van der Waals surface area (Å²) < 4.78 is 5.21. The van der Waals surface area contributed by atoms with Crippen LogP contribution in [0, 0.1) is 5.92 Å². The highest BCUT2D eigenvalue weighted by molar-refractivity contribution is 5.50. The van der Waals surface area contributed by atoms with E-state index in [1.54, 1.807) is 7.11 Å². The molecule has 0 heterocycles. The zero-order chi connectivity index (χ0) is 13.9. The number of nitrogens with zero attached hydrogens (tertiary/aromatic N) is 1. The maximum Gasteiger partial charge on any atom is 0.119 e. The fourth-order valence-electron chi connectivity index (χ4n) is 2.79. The van der Waals surface area contributed by atoms with Crippen LogP contribution in [0.5, 0.6) is 5.75 Å². The minimum atomic E-state index is 0.0413. The molecule has 2 N–H and O–H groups in total. The van der Waals surface area contributed by atoms with Crippen molar-refractivity contribution in [2.24, 2.45) is 11.7 Å². The Kier molecular flexibility index (Phi) is 4.35. The summed E-state index contributed by atoms with van der Waals surface area (Å²) in [6.07, 6.45) is 5.31.